The van der Waals surface area contributed by atoms with E-state index in [-0.39, 0.29) is 11.9 Å². The van der Waals surface area contributed by atoms with Crippen LogP contribution in [0.5, 0.6) is 0 Å². The zero-order valence-corrected chi connectivity index (χ0v) is 15.1. The zero-order chi connectivity index (χ0) is 18.0. The Kier molecular flexibility index (Phi) is 4.76. The number of anilines is 1. The molecule has 0 saturated heterocycles. The fourth-order valence-electron chi connectivity index (χ4n) is 3.20. The lowest BCUT2D eigenvalue weighted by Gasteiger charge is -2.21. The van der Waals surface area contributed by atoms with Crippen LogP contribution in [0.2, 0.25) is 0 Å². The second-order valence-electron chi connectivity index (χ2n) is 6.28. The molecule has 0 saturated carbocycles. The Bertz CT molecular complexity index is 882. The molecule has 2 aromatic rings. The summed E-state index contributed by atoms with van der Waals surface area (Å²) in [5.74, 6) is -0.163. The SMILES string of the molecule is CC1Cc2cc(C(=O)NCCc3ccccn3)ccc2N1S(C)(=O)=O. The average molecular weight is 359 g/mol. The summed E-state index contributed by atoms with van der Waals surface area (Å²) in [6, 6.07) is 10.7. The average Bonchev–Trinajstić information content (AvgIpc) is 2.90. The maximum Gasteiger partial charge on any atom is 0.251 e. The number of hydrogen-bond acceptors (Lipinski definition) is 4. The molecule has 7 heteroatoms. The van der Waals surface area contributed by atoms with Crippen molar-refractivity contribution in [3.05, 3.63) is 59.4 Å². The minimum atomic E-state index is -3.32. The fourth-order valence-corrected chi connectivity index (χ4v) is 4.47. The van der Waals surface area contributed by atoms with Crippen molar-refractivity contribution in [2.45, 2.75) is 25.8 Å². The zero-order valence-electron chi connectivity index (χ0n) is 14.3. The van der Waals surface area contributed by atoms with Crippen molar-refractivity contribution in [3.63, 3.8) is 0 Å². The van der Waals surface area contributed by atoms with Crippen molar-refractivity contribution in [2.75, 3.05) is 17.1 Å². The van der Waals surface area contributed by atoms with Crippen LogP contribution in [0.25, 0.3) is 0 Å². The maximum atomic E-state index is 12.3. The first-order valence-electron chi connectivity index (χ1n) is 8.16. The Labute approximate surface area is 147 Å². The molecule has 2 heterocycles. The molecule has 1 aliphatic heterocycles. The van der Waals surface area contributed by atoms with Crippen LogP contribution in [0.3, 0.4) is 0 Å². The molecule has 1 aromatic heterocycles. The molecule has 6 nitrogen and oxygen atoms in total. The summed E-state index contributed by atoms with van der Waals surface area (Å²) in [6.45, 7) is 2.37. The summed E-state index contributed by atoms with van der Waals surface area (Å²) in [4.78, 5) is 16.6. The van der Waals surface area contributed by atoms with Crippen molar-refractivity contribution in [3.8, 4) is 0 Å². The smallest absolute Gasteiger partial charge is 0.251 e. The van der Waals surface area contributed by atoms with Gasteiger partial charge in [-0.15, -0.1) is 0 Å². The van der Waals surface area contributed by atoms with Gasteiger partial charge in [-0.05, 0) is 49.2 Å². The molecular formula is C18H21N3O3S. The molecule has 1 aliphatic rings. The van der Waals surface area contributed by atoms with E-state index in [1.807, 2.05) is 25.1 Å². The number of benzene rings is 1. The molecule has 0 spiro atoms. The van der Waals surface area contributed by atoms with Crippen LogP contribution in [-0.4, -0.2) is 38.2 Å². The minimum absolute atomic E-state index is 0.132. The molecule has 132 valence electrons. The number of nitrogens with one attached hydrogen (secondary N) is 1. The van der Waals surface area contributed by atoms with Crippen LogP contribution in [0.4, 0.5) is 5.69 Å². The highest BCUT2D eigenvalue weighted by atomic mass is 32.2. The summed E-state index contributed by atoms with van der Waals surface area (Å²) in [6.07, 6.45) is 4.21. The van der Waals surface area contributed by atoms with Gasteiger partial charge < -0.3 is 5.32 Å². The predicted molar refractivity (Wildman–Crippen MR) is 97.2 cm³/mol. The normalized spacial score (nSPS) is 16.6. The number of rotatable bonds is 5. The summed E-state index contributed by atoms with van der Waals surface area (Å²) in [5, 5.41) is 2.88. The van der Waals surface area contributed by atoms with Crippen LogP contribution in [0.15, 0.2) is 42.6 Å². The van der Waals surface area contributed by atoms with Gasteiger partial charge in [0.2, 0.25) is 10.0 Å². The Morgan fingerprint density at radius 1 is 1.32 bits per heavy atom. The van der Waals surface area contributed by atoms with Gasteiger partial charge in [0.25, 0.3) is 5.91 Å². The number of nitrogens with zero attached hydrogens (tertiary/aromatic N) is 2. The molecular weight excluding hydrogens is 338 g/mol. The van der Waals surface area contributed by atoms with Gasteiger partial charge >= 0.3 is 0 Å². The molecule has 0 radical (unpaired) electrons. The first-order chi connectivity index (χ1) is 11.9. The number of fused-ring (bicyclic) bond motifs is 1. The van der Waals surface area contributed by atoms with Gasteiger partial charge in [0.15, 0.2) is 0 Å². The number of carbonyl (C=O) groups is 1. The van der Waals surface area contributed by atoms with E-state index >= 15 is 0 Å². The van der Waals surface area contributed by atoms with Crippen LogP contribution < -0.4 is 9.62 Å². The lowest BCUT2D eigenvalue weighted by molar-refractivity contribution is 0.0954. The van der Waals surface area contributed by atoms with Crippen molar-refractivity contribution < 1.29 is 13.2 Å². The van der Waals surface area contributed by atoms with Crippen LogP contribution in [-0.2, 0) is 22.9 Å². The lowest BCUT2D eigenvalue weighted by Crippen LogP contribution is -2.34. The molecule has 1 amide bonds. The predicted octanol–water partition coefficient (Wildman–Crippen LogP) is 1.76. The van der Waals surface area contributed by atoms with Gasteiger partial charge in [-0.25, -0.2) is 8.42 Å². The molecule has 1 atom stereocenters. The number of aromatic nitrogens is 1. The van der Waals surface area contributed by atoms with E-state index in [0.717, 1.165) is 11.3 Å². The Morgan fingerprint density at radius 3 is 2.80 bits per heavy atom. The molecule has 1 aromatic carbocycles. The van der Waals surface area contributed by atoms with E-state index in [2.05, 4.69) is 10.3 Å². The number of sulfonamides is 1. The van der Waals surface area contributed by atoms with Crippen molar-refractivity contribution in [1.29, 1.82) is 0 Å². The van der Waals surface area contributed by atoms with E-state index in [0.29, 0.717) is 30.6 Å². The number of amides is 1. The monoisotopic (exact) mass is 359 g/mol. The second kappa shape index (κ2) is 6.84. The van der Waals surface area contributed by atoms with Gasteiger partial charge in [0.05, 0.1) is 11.9 Å². The van der Waals surface area contributed by atoms with E-state index in [1.165, 1.54) is 10.6 Å². The van der Waals surface area contributed by atoms with Gasteiger partial charge in [0.1, 0.15) is 0 Å². The molecule has 1 unspecified atom stereocenters. The molecule has 0 aliphatic carbocycles. The highest BCUT2D eigenvalue weighted by Gasteiger charge is 2.32. The van der Waals surface area contributed by atoms with Crippen LogP contribution >= 0.6 is 0 Å². The van der Waals surface area contributed by atoms with Crippen molar-refractivity contribution in [2.24, 2.45) is 0 Å². The fraction of sp³-hybridized carbons (Fsp3) is 0.333. The van der Waals surface area contributed by atoms with Gasteiger partial charge in [-0.1, -0.05) is 6.07 Å². The molecule has 25 heavy (non-hydrogen) atoms. The topological polar surface area (TPSA) is 79.4 Å². The van der Waals surface area contributed by atoms with E-state index in [4.69, 9.17) is 0 Å². The third kappa shape index (κ3) is 3.82. The summed E-state index contributed by atoms with van der Waals surface area (Å²) < 4.78 is 25.3. The van der Waals surface area contributed by atoms with E-state index in [9.17, 15) is 13.2 Å². The molecule has 0 fully saturated rings. The Morgan fingerprint density at radius 2 is 2.12 bits per heavy atom. The number of pyridine rings is 1. The molecule has 1 N–H and O–H groups in total. The third-order valence-corrected chi connectivity index (χ3v) is 5.52. The van der Waals surface area contributed by atoms with E-state index < -0.39 is 10.0 Å². The van der Waals surface area contributed by atoms with Crippen LogP contribution in [0.1, 0.15) is 28.5 Å². The summed E-state index contributed by atoms with van der Waals surface area (Å²) >= 11 is 0. The largest absolute Gasteiger partial charge is 0.352 e. The maximum absolute atomic E-state index is 12.3. The van der Waals surface area contributed by atoms with Gasteiger partial charge in [0, 0.05) is 36.5 Å². The highest BCUT2D eigenvalue weighted by molar-refractivity contribution is 7.92. The second-order valence-corrected chi connectivity index (χ2v) is 8.14. The van der Waals surface area contributed by atoms with Crippen molar-refractivity contribution >= 4 is 21.6 Å². The lowest BCUT2D eigenvalue weighted by atomic mass is 10.1. The third-order valence-electron chi connectivity index (χ3n) is 4.24. The van der Waals surface area contributed by atoms with Gasteiger partial charge in [-0.3, -0.25) is 14.1 Å². The minimum Gasteiger partial charge on any atom is -0.352 e. The first-order valence-corrected chi connectivity index (χ1v) is 10.0. The molecule has 0 bridgehead atoms. The van der Waals surface area contributed by atoms with E-state index in [1.54, 1.807) is 24.4 Å². The Hall–Kier alpha value is -2.41. The number of hydrogen-bond donors (Lipinski definition) is 1. The summed E-state index contributed by atoms with van der Waals surface area (Å²) in [7, 11) is -3.32. The standard InChI is InChI=1S/C18H21N3O3S/c1-13-11-15-12-14(6-7-17(15)21(13)25(2,23)24)18(22)20-10-8-16-5-3-4-9-19-16/h3-7,9,12-13H,8,10-11H2,1-2H3,(H,20,22). The number of carbonyl (C=O) groups excluding carboxylic acids is 1. The Balaban J connectivity index is 1.68. The quantitative estimate of drug-likeness (QED) is 0.882. The van der Waals surface area contributed by atoms with Crippen LogP contribution in [0, 0.1) is 0 Å². The first kappa shape index (κ1) is 17.4. The highest BCUT2D eigenvalue weighted by Crippen LogP contribution is 2.34. The summed E-state index contributed by atoms with van der Waals surface area (Å²) in [5.41, 5.74) is 3.02. The molecule has 3 rings (SSSR count). The van der Waals surface area contributed by atoms with Gasteiger partial charge in [-0.2, -0.15) is 0 Å². The van der Waals surface area contributed by atoms with Crippen molar-refractivity contribution in [1.82, 2.24) is 10.3 Å².